The second-order valence-corrected chi connectivity index (χ2v) is 10.00. The minimum atomic E-state index is -0.751. The van der Waals surface area contributed by atoms with Gasteiger partial charge in [0.05, 0.1) is 25.8 Å². The van der Waals surface area contributed by atoms with Crippen LogP contribution in [0, 0.1) is 11.8 Å². The predicted octanol–water partition coefficient (Wildman–Crippen LogP) is 5.11. The summed E-state index contributed by atoms with van der Waals surface area (Å²) in [5.74, 6) is 1.26. The number of hydrogen-bond acceptors (Lipinski definition) is 6. The van der Waals surface area contributed by atoms with Gasteiger partial charge in [0.15, 0.2) is 0 Å². The van der Waals surface area contributed by atoms with Gasteiger partial charge in [-0.15, -0.1) is 0 Å². The third-order valence-corrected chi connectivity index (χ3v) is 7.68. The number of aliphatic hydroxyl groups is 1. The molecule has 1 aromatic heterocycles. The minimum absolute atomic E-state index is 0.0824. The molecule has 3 atom stereocenters. The predicted molar refractivity (Wildman–Crippen MR) is 144 cm³/mol. The first-order valence-corrected chi connectivity index (χ1v) is 13.1. The Morgan fingerprint density at radius 2 is 1.97 bits per heavy atom. The van der Waals surface area contributed by atoms with E-state index in [1.807, 2.05) is 42.5 Å². The van der Waals surface area contributed by atoms with E-state index in [0.717, 1.165) is 73.3 Å². The molecule has 37 heavy (non-hydrogen) atoms. The van der Waals surface area contributed by atoms with Crippen molar-refractivity contribution in [2.75, 3.05) is 33.9 Å². The number of aliphatic hydroxyl groups excluding tert-OH is 1. The summed E-state index contributed by atoms with van der Waals surface area (Å²) < 4.78 is 10.8. The normalized spacial score (nSPS) is 19.0. The maximum atomic E-state index is 11.7. The van der Waals surface area contributed by atoms with Crippen LogP contribution in [0.1, 0.15) is 49.3 Å². The quantitative estimate of drug-likeness (QED) is 0.353. The number of hydrogen-bond donors (Lipinski definition) is 2. The fraction of sp³-hybridized carbons (Fsp3) is 0.467. The molecule has 0 bridgehead atoms. The molecular weight excluding hydrogens is 468 g/mol. The molecule has 0 radical (unpaired) electrons. The highest BCUT2D eigenvalue weighted by Gasteiger charge is 2.31. The molecule has 198 valence electrons. The topological polar surface area (TPSA) is 92.1 Å². The van der Waals surface area contributed by atoms with E-state index in [0.29, 0.717) is 6.42 Å². The van der Waals surface area contributed by atoms with E-state index >= 15 is 0 Å². The second kappa shape index (κ2) is 12.9. The molecule has 3 aromatic rings. The Hall–Kier alpha value is -3.16. The summed E-state index contributed by atoms with van der Waals surface area (Å²) in [5, 5.41) is 21.6. The average molecular weight is 507 g/mol. The van der Waals surface area contributed by atoms with E-state index in [9.17, 15) is 15.0 Å². The van der Waals surface area contributed by atoms with Crippen LogP contribution in [0.3, 0.4) is 0 Å². The number of carboxylic acid groups (broad SMARTS) is 1. The van der Waals surface area contributed by atoms with Gasteiger partial charge in [-0.2, -0.15) is 0 Å². The van der Waals surface area contributed by atoms with Gasteiger partial charge in [-0.3, -0.25) is 9.78 Å². The Bertz CT molecular complexity index is 1180. The maximum Gasteiger partial charge on any atom is 0.303 e. The van der Waals surface area contributed by atoms with Crippen molar-refractivity contribution in [3.8, 4) is 11.5 Å². The Morgan fingerprint density at radius 1 is 1.14 bits per heavy atom. The van der Waals surface area contributed by atoms with Gasteiger partial charge < -0.3 is 24.6 Å². The summed E-state index contributed by atoms with van der Waals surface area (Å²) >= 11 is 0. The Kier molecular flexibility index (Phi) is 9.36. The van der Waals surface area contributed by atoms with Crippen LogP contribution in [0.5, 0.6) is 11.5 Å². The molecule has 1 aliphatic rings. The number of benzene rings is 2. The van der Waals surface area contributed by atoms with Crippen LogP contribution in [-0.2, 0) is 11.2 Å². The fourth-order valence-electron chi connectivity index (χ4n) is 5.69. The number of methoxy groups -OCH3 is 2. The number of nitrogens with zero attached hydrogens (tertiary/aromatic N) is 2. The minimum Gasteiger partial charge on any atom is -0.497 e. The van der Waals surface area contributed by atoms with Crippen molar-refractivity contribution in [2.45, 2.75) is 44.6 Å². The summed E-state index contributed by atoms with van der Waals surface area (Å²) in [5.41, 5.74) is 2.87. The Labute approximate surface area is 219 Å². The highest BCUT2D eigenvalue weighted by Crippen LogP contribution is 2.35. The van der Waals surface area contributed by atoms with E-state index in [2.05, 4.69) is 16.0 Å². The van der Waals surface area contributed by atoms with E-state index in [-0.39, 0.29) is 18.3 Å². The van der Waals surface area contributed by atoms with Gasteiger partial charge >= 0.3 is 5.97 Å². The standard InChI is InChI=1S/C30H38N2O5/c1-36-24-10-11-27-26(19-24)25(13-15-31-27)28(33)12-9-21-14-17-32(20-23(21)18-30(34)35)16-5-7-22-6-3-4-8-29(22)37-2/h3-4,6,8,10-11,13,15,19,21,23,28,33H,5,7,9,12,14,16-18,20H2,1-2H3,(H,34,35)/t21-,23+,28+/m1/s1. The summed E-state index contributed by atoms with van der Waals surface area (Å²) in [7, 11) is 3.33. The van der Waals surface area contributed by atoms with Crippen LogP contribution in [-0.4, -0.2) is 59.9 Å². The van der Waals surface area contributed by atoms with Crippen LogP contribution >= 0.6 is 0 Å². The largest absolute Gasteiger partial charge is 0.497 e. The molecule has 1 aliphatic heterocycles. The molecule has 1 saturated heterocycles. The fourth-order valence-corrected chi connectivity index (χ4v) is 5.69. The molecule has 7 nitrogen and oxygen atoms in total. The van der Waals surface area contributed by atoms with Crippen LogP contribution in [0.2, 0.25) is 0 Å². The Morgan fingerprint density at radius 3 is 2.76 bits per heavy atom. The molecule has 0 aliphatic carbocycles. The lowest BCUT2D eigenvalue weighted by atomic mass is 9.79. The second-order valence-electron chi connectivity index (χ2n) is 10.00. The molecule has 2 aromatic carbocycles. The first-order valence-electron chi connectivity index (χ1n) is 13.1. The van der Waals surface area contributed by atoms with Gasteiger partial charge in [-0.1, -0.05) is 18.2 Å². The third-order valence-electron chi connectivity index (χ3n) is 7.68. The first-order chi connectivity index (χ1) is 18.0. The van der Waals surface area contributed by atoms with Gasteiger partial charge in [-0.25, -0.2) is 0 Å². The molecule has 2 heterocycles. The lowest BCUT2D eigenvalue weighted by molar-refractivity contribution is -0.139. The van der Waals surface area contributed by atoms with Crippen molar-refractivity contribution in [3.63, 3.8) is 0 Å². The van der Waals surface area contributed by atoms with Gasteiger partial charge in [-0.05, 0) is 98.5 Å². The zero-order valence-electron chi connectivity index (χ0n) is 21.8. The summed E-state index contributed by atoms with van der Waals surface area (Å²) in [6.45, 7) is 2.68. The molecule has 0 spiro atoms. The first kappa shape index (κ1) is 26.9. The summed E-state index contributed by atoms with van der Waals surface area (Å²) in [6, 6.07) is 15.7. The number of fused-ring (bicyclic) bond motifs is 1. The summed E-state index contributed by atoms with van der Waals surface area (Å²) in [4.78, 5) is 18.5. The number of piperidine rings is 1. The van der Waals surface area contributed by atoms with Gasteiger partial charge in [0.1, 0.15) is 11.5 Å². The molecule has 4 rings (SSSR count). The number of carboxylic acids is 1. The van der Waals surface area contributed by atoms with Crippen molar-refractivity contribution in [1.29, 1.82) is 0 Å². The van der Waals surface area contributed by atoms with E-state index in [1.165, 1.54) is 5.56 Å². The molecule has 2 N–H and O–H groups in total. The SMILES string of the molecule is COc1ccc2nccc([C@@H](O)CC[C@@H]3CCN(CCCc4ccccc4OC)C[C@@H]3CC(=O)O)c2c1. The van der Waals surface area contributed by atoms with Gasteiger partial charge in [0, 0.05) is 24.5 Å². The van der Waals surface area contributed by atoms with Crippen molar-refractivity contribution in [2.24, 2.45) is 11.8 Å². The number of aryl methyl sites for hydroxylation is 1. The monoisotopic (exact) mass is 506 g/mol. The number of carbonyl (C=O) groups is 1. The number of ether oxygens (including phenoxy) is 2. The van der Waals surface area contributed by atoms with Crippen molar-refractivity contribution >= 4 is 16.9 Å². The molecule has 0 amide bonds. The number of aliphatic carboxylic acids is 1. The van der Waals surface area contributed by atoms with Crippen LogP contribution in [0.25, 0.3) is 10.9 Å². The van der Waals surface area contributed by atoms with Gasteiger partial charge in [0.2, 0.25) is 0 Å². The Balaban J connectivity index is 1.35. The molecule has 0 unspecified atom stereocenters. The zero-order valence-corrected chi connectivity index (χ0v) is 21.8. The average Bonchev–Trinajstić information content (AvgIpc) is 2.91. The van der Waals surface area contributed by atoms with Crippen LogP contribution < -0.4 is 9.47 Å². The zero-order chi connectivity index (χ0) is 26.2. The van der Waals surface area contributed by atoms with Crippen LogP contribution in [0.4, 0.5) is 0 Å². The lowest BCUT2D eigenvalue weighted by Gasteiger charge is -2.38. The van der Waals surface area contributed by atoms with E-state index in [4.69, 9.17) is 9.47 Å². The van der Waals surface area contributed by atoms with E-state index < -0.39 is 12.1 Å². The highest BCUT2D eigenvalue weighted by atomic mass is 16.5. The molecular formula is C30H38N2O5. The number of para-hydroxylation sites is 1. The van der Waals surface area contributed by atoms with Crippen LogP contribution in [0.15, 0.2) is 54.7 Å². The van der Waals surface area contributed by atoms with Crippen molar-refractivity contribution in [3.05, 3.63) is 65.9 Å². The smallest absolute Gasteiger partial charge is 0.303 e. The van der Waals surface area contributed by atoms with E-state index in [1.54, 1.807) is 20.4 Å². The van der Waals surface area contributed by atoms with Crippen molar-refractivity contribution in [1.82, 2.24) is 9.88 Å². The number of pyridine rings is 1. The van der Waals surface area contributed by atoms with Gasteiger partial charge in [0.25, 0.3) is 0 Å². The number of likely N-dealkylation sites (tertiary alicyclic amines) is 1. The molecule has 0 saturated carbocycles. The maximum absolute atomic E-state index is 11.7. The molecule has 1 fully saturated rings. The number of aromatic nitrogens is 1. The summed E-state index contributed by atoms with van der Waals surface area (Å²) in [6.07, 6.45) is 5.52. The highest BCUT2D eigenvalue weighted by molar-refractivity contribution is 5.83. The van der Waals surface area contributed by atoms with Crippen molar-refractivity contribution < 1.29 is 24.5 Å². The third kappa shape index (κ3) is 6.99. The lowest BCUT2D eigenvalue weighted by Crippen LogP contribution is -2.42. The molecule has 7 heteroatoms. The number of rotatable bonds is 12.